The zero-order valence-corrected chi connectivity index (χ0v) is 42.3. The van der Waals surface area contributed by atoms with Gasteiger partial charge in [-0.2, -0.15) is 0 Å². The number of aliphatic hydroxyl groups excluding tert-OH is 3. The van der Waals surface area contributed by atoms with Crippen LogP contribution in [0.4, 0.5) is 0 Å². The largest absolute Gasteiger partial charge is 0.472 e. The van der Waals surface area contributed by atoms with Crippen molar-refractivity contribution >= 4 is 27.6 Å². The zero-order chi connectivity index (χ0) is 50.2. The van der Waals surface area contributed by atoms with E-state index < -0.39 is 85.5 Å². The number of unbranched alkanes of at least 4 members (excludes halogenated alkanes) is 4. The number of phosphoric ester groups is 2. The summed E-state index contributed by atoms with van der Waals surface area (Å²) in [6.07, 6.45) is 51.9. The molecule has 5 unspecified atom stereocenters. The van der Waals surface area contributed by atoms with Crippen molar-refractivity contribution in [3.63, 3.8) is 0 Å². The van der Waals surface area contributed by atoms with Crippen LogP contribution in [0.3, 0.4) is 0 Å². The number of phosphoric acid groups is 2. The van der Waals surface area contributed by atoms with E-state index in [1.54, 1.807) is 0 Å². The summed E-state index contributed by atoms with van der Waals surface area (Å²) in [6, 6.07) is 0. The maximum Gasteiger partial charge on any atom is 0.472 e. The van der Waals surface area contributed by atoms with Crippen molar-refractivity contribution in [2.45, 2.75) is 148 Å². The van der Waals surface area contributed by atoms with Crippen LogP contribution in [-0.4, -0.2) is 95.0 Å². The number of esters is 2. The van der Waals surface area contributed by atoms with Crippen molar-refractivity contribution in [3.8, 4) is 0 Å². The molecule has 0 radical (unpaired) electrons. The Kier molecular flexibility index (Phi) is 43.5. The van der Waals surface area contributed by atoms with Crippen molar-refractivity contribution in [3.05, 3.63) is 122 Å². The maximum absolute atomic E-state index is 12.2. The first-order chi connectivity index (χ1) is 32.8. The van der Waals surface area contributed by atoms with Gasteiger partial charge in [0.2, 0.25) is 0 Å². The highest BCUT2D eigenvalue weighted by molar-refractivity contribution is 7.47. The molecule has 5 atom stereocenters. The summed E-state index contributed by atoms with van der Waals surface area (Å²) < 4.78 is 52.9. The molecule has 0 aliphatic heterocycles. The summed E-state index contributed by atoms with van der Waals surface area (Å²) in [5, 5.41) is 30.0. The molecule has 386 valence electrons. The average Bonchev–Trinajstić information content (AvgIpc) is 3.31. The summed E-state index contributed by atoms with van der Waals surface area (Å²) in [5.74, 6) is -1.09. The molecule has 0 amide bonds. The number of allylic oxidation sites excluding steroid dienone is 20. The van der Waals surface area contributed by atoms with Crippen LogP contribution in [-0.2, 0) is 46.3 Å². The second kappa shape index (κ2) is 45.9. The summed E-state index contributed by atoms with van der Waals surface area (Å²) in [7, 11) is -9.62. The monoisotopic (exact) mass is 997 g/mol. The minimum atomic E-state index is -4.81. The second-order valence-corrected chi connectivity index (χ2v) is 18.3. The molecule has 0 aliphatic carbocycles. The van der Waals surface area contributed by atoms with Gasteiger partial charge in [-0.15, -0.1) is 0 Å². The van der Waals surface area contributed by atoms with Crippen molar-refractivity contribution in [1.82, 2.24) is 0 Å². The first kappa shape index (κ1) is 64.4. The van der Waals surface area contributed by atoms with E-state index in [2.05, 4.69) is 141 Å². The lowest BCUT2D eigenvalue weighted by atomic mass is 10.1. The molecule has 0 saturated carbocycles. The number of rotatable bonds is 44. The van der Waals surface area contributed by atoms with E-state index in [4.69, 9.17) is 9.47 Å². The molecule has 17 heteroatoms. The average molecular weight is 997 g/mol. The lowest BCUT2D eigenvalue weighted by Crippen LogP contribution is -2.25. The lowest BCUT2D eigenvalue weighted by Gasteiger charge is -2.19. The summed E-state index contributed by atoms with van der Waals surface area (Å²) in [4.78, 5) is 43.7. The van der Waals surface area contributed by atoms with Crippen molar-refractivity contribution in [1.29, 1.82) is 0 Å². The van der Waals surface area contributed by atoms with Gasteiger partial charge in [-0.3, -0.25) is 27.7 Å². The minimum Gasteiger partial charge on any atom is -0.463 e. The van der Waals surface area contributed by atoms with Crippen molar-refractivity contribution in [2.24, 2.45) is 0 Å². The molecule has 0 aromatic carbocycles. The van der Waals surface area contributed by atoms with Crippen LogP contribution < -0.4 is 0 Å². The molecular weight excluding hydrogens is 914 g/mol. The highest BCUT2D eigenvalue weighted by Gasteiger charge is 2.28. The molecule has 0 aliphatic rings. The van der Waals surface area contributed by atoms with E-state index in [-0.39, 0.29) is 12.8 Å². The van der Waals surface area contributed by atoms with Gasteiger partial charge in [0.1, 0.15) is 31.5 Å². The topological polar surface area (TPSA) is 225 Å². The van der Waals surface area contributed by atoms with Crippen LogP contribution >= 0.6 is 15.6 Å². The summed E-state index contributed by atoms with van der Waals surface area (Å²) in [5.41, 5.74) is 0. The highest BCUT2D eigenvalue weighted by atomic mass is 31.2. The van der Waals surface area contributed by atoms with Gasteiger partial charge >= 0.3 is 27.6 Å². The van der Waals surface area contributed by atoms with E-state index in [1.165, 1.54) is 0 Å². The first-order valence-corrected chi connectivity index (χ1v) is 26.9. The van der Waals surface area contributed by atoms with Gasteiger partial charge in [0.15, 0.2) is 0 Å². The maximum atomic E-state index is 12.2. The predicted molar refractivity (Wildman–Crippen MR) is 269 cm³/mol. The van der Waals surface area contributed by atoms with Gasteiger partial charge in [-0.25, -0.2) is 9.13 Å². The van der Waals surface area contributed by atoms with Crippen LogP contribution in [0, 0.1) is 0 Å². The number of ether oxygens (including phenoxy) is 2. The van der Waals surface area contributed by atoms with Gasteiger partial charge in [0, 0.05) is 12.8 Å². The number of hydrogen-bond acceptors (Lipinski definition) is 13. The molecule has 0 spiro atoms. The standard InChI is InChI=1S/C51H82O15P2/c1-3-5-7-9-11-13-15-17-19-21-22-24-26-28-30-32-34-36-38-40-51(56)62-42-48(53)44-64-68(59,60)66-46-49(54)45-65-67(57,58)63-43-47(52)41-61-50(55)39-37-35-33-31-29-27-25-23-20-18-16-14-12-10-8-6-4-2/h5-8,11-14,17-20,22,24-25,27-28,30-31,33,47-49,52-54H,3-4,9-10,15-16,21,23,26,29,32,34-46H2,1-2H3,(H,57,58)(H,59,60)/b7-5-,8-6-,13-11-,14-12-,19-17-,20-18-,24-22-,27-25-,30-28-,33-31-. The Balaban J connectivity index is 4.01. The Bertz CT molecular complexity index is 1680. The Hall–Kier alpha value is -3.56. The molecule has 0 heterocycles. The van der Waals surface area contributed by atoms with Crippen LogP contribution in [0.25, 0.3) is 0 Å². The molecule has 0 rings (SSSR count). The second-order valence-electron chi connectivity index (χ2n) is 15.4. The van der Waals surface area contributed by atoms with Gasteiger partial charge < -0.3 is 34.6 Å². The zero-order valence-electron chi connectivity index (χ0n) is 40.5. The van der Waals surface area contributed by atoms with Gasteiger partial charge in [-0.05, 0) is 96.3 Å². The number of aliphatic hydroxyl groups is 3. The Labute approximate surface area is 406 Å². The van der Waals surface area contributed by atoms with Crippen LogP contribution in [0.5, 0.6) is 0 Å². The third-order valence-electron chi connectivity index (χ3n) is 8.91. The fourth-order valence-corrected chi connectivity index (χ4v) is 6.86. The van der Waals surface area contributed by atoms with Gasteiger partial charge in [0.05, 0.1) is 26.4 Å². The highest BCUT2D eigenvalue weighted by Crippen LogP contribution is 2.45. The van der Waals surface area contributed by atoms with E-state index in [0.717, 1.165) is 83.5 Å². The first-order valence-electron chi connectivity index (χ1n) is 23.9. The van der Waals surface area contributed by atoms with E-state index in [0.29, 0.717) is 19.3 Å². The molecule has 15 nitrogen and oxygen atoms in total. The quantitative estimate of drug-likeness (QED) is 0.0166. The van der Waals surface area contributed by atoms with E-state index in [1.807, 2.05) is 12.2 Å². The van der Waals surface area contributed by atoms with Crippen molar-refractivity contribution in [2.75, 3.05) is 39.6 Å². The van der Waals surface area contributed by atoms with E-state index in [9.17, 15) is 43.8 Å². The Morgan fingerprint density at radius 3 is 0.971 bits per heavy atom. The lowest BCUT2D eigenvalue weighted by molar-refractivity contribution is -0.148. The normalized spacial score (nSPS) is 16.0. The molecule has 0 bridgehead atoms. The summed E-state index contributed by atoms with van der Waals surface area (Å²) >= 11 is 0. The third-order valence-corrected chi connectivity index (χ3v) is 10.8. The fourth-order valence-electron chi connectivity index (χ4n) is 5.27. The fraction of sp³-hybridized carbons (Fsp3) is 0.569. The van der Waals surface area contributed by atoms with Crippen LogP contribution in [0.15, 0.2) is 122 Å². The van der Waals surface area contributed by atoms with E-state index >= 15 is 0 Å². The molecule has 0 aromatic rings. The predicted octanol–water partition coefficient (Wildman–Crippen LogP) is 11.0. The Morgan fingerprint density at radius 2 is 0.647 bits per heavy atom. The third kappa shape index (κ3) is 47.5. The molecule has 0 aromatic heterocycles. The van der Waals surface area contributed by atoms with Crippen LogP contribution in [0.1, 0.15) is 129 Å². The van der Waals surface area contributed by atoms with Gasteiger partial charge in [-0.1, -0.05) is 142 Å². The Morgan fingerprint density at radius 1 is 0.382 bits per heavy atom. The molecule has 0 saturated heterocycles. The number of carbonyl (C=O) groups excluding carboxylic acids is 2. The molecule has 5 N–H and O–H groups in total. The smallest absolute Gasteiger partial charge is 0.463 e. The van der Waals surface area contributed by atoms with Crippen molar-refractivity contribution < 1.29 is 71.4 Å². The molecular formula is C51H82O15P2. The SMILES string of the molecule is CC/C=C\C/C=C\C/C=C\C/C=C\C/C=C\CCCCCC(=O)OCC(O)COP(=O)(O)OCC(O)COP(=O)(O)OCC(O)COC(=O)CCC/C=C\C/C=C\C/C=C\C/C=C\C/C=C\CC. The molecule has 68 heavy (non-hydrogen) atoms. The minimum absolute atomic E-state index is 0.111. The van der Waals surface area contributed by atoms with Gasteiger partial charge in [0.25, 0.3) is 0 Å². The number of carbonyl (C=O) groups is 2. The summed E-state index contributed by atoms with van der Waals surface area (Å²) in [6.45, 7) is 0.0423. The van der Waals surface area contributed by atoms with Crippen LogP contribution in [0.2, 0.25) is 0 Å². The number of hydrogen-bond donors (Lipinski definition) is 5. The molecule has 0 fully saturated rings.